The molecule has 4 aliphatic carbocycles. The summed E-state index contributed by atoms with van der Waals surface area (Å²) in [4.78, 5) is 15.0. The third-order valence-electron chi connectivity index (χ3n) is 7.47. The van der Waals surface area contributed by atoms with Gasteiger partial charge in [0.25, 0.3) is 0 Å². The van der Waals surface area contributed by atoms with Crippen molar-refractivity contribution in [2.24, 2.45) is 23.7 Å². The van der Waals surface area contributed by atoms with Gasteiger partial charge in [0.1, 0.15) is 0 Å². The molecule has 2 heterocycles. The Kier molecular flexibility index (Phi) is 4.07. The largest absolute Gasteiger partial charge is 0.352 e. The number of nitrogens with zero attached hydrogens (tertiary/aromatic N) is 2. The van der Waals surface area contributed by atoms with Crippen LogP contribution in [0.5, 0.6) is 0 Å². The number of carbonyl (C=O) groups is 1. The van der Waals surface area contributed by atoms with Gasteiger partial charge in [0.05, 0.1) is 6.54 Å². The van der Waals surface area contributed by atoms with E-state index in [2.05, 4.69) is 26.5 Å². The van der Waals surface area contributed by atoms with Gasteiger partial charge in [0.2, 0.25) is 5.91 Å². The highest BCUT2D eigenvalue weighted by Gasteiger charge is 2.48. The van der Waals surface area contributed by atoms with Crippen molar-refractivity contribution < 1.29 is 4.79 Å². The van der Waals surface area contributed by atoms with Gasteiger partial charge in [-0.15, -0.1) is 0 Å². The molecule has 4 saturated carbocycles. The number of nitrogens with one attached hydrogen (secondary N) is 2. The molecule has 5 aliphatic rings. The van der Waals surface area contributed by atoms with Crippen LogP contribution in [-0.2, 0) is 4.79 Å². The summed E-state index contributed by atoms with van der Waals surface area (Å²) in [6.07, 6.45) is 11.0. The van der Waals surface area contributed by atoms with E-state index < -0.39 is 0 Å². The first-order chi connectivity index (χ1) is 12.2. The van der Waals surface area contributed by atoms with Crippen LogP contribution in [0.25, 0.3) is 0 Å². The van der Waals surface area contributed by atoms with Crippen LogP contribution in [0.2, 0.25) is 0 Å². The van der Waals surface area contributed by atoms with Crippen LogP contribution in [0.4, 0.5) is 0 Å². The molecule has 0 unspecified atom stereocenters. The summed E-state index contributed by atoms with van der Waals surface area (Å²) in [5.74, 6) is 4.32. The number of rotatable bonds is 4. The lowest BCUT2D eigenvalue weighted by atomic mass is 9.54. The number of hydrogen-bond acceptors (Lipinski definition) is 3. The highest BCUT2D eigenvalue weighted by molar-refractivity contribution is 5.78. The number of likely N-dealkylation sites (tertiary alicyclic amines) is 1. The molecule has 1 aromatic heterocycles. The molecule has 136 valence electrons. The van der Waals surface area contributed by atoms with Crippen LogP contribution >= 0.6 is 0 Å². The molecular weight excluding hydrogens is 312 g/mol. The minimum absolute atomic E-state index is 0.262. The minimum atomic E-state index is 0.262. The molecule has 0 aromatic carbocycles. The molecule has 1 aliphatic heterocycles. The van der Waals surface area contributed by atoms with Gasteiger partial charge in [-0.05, 0) is 87.8 Å². The van der Waals surface area contributed by atoms with Crippen molar-refractivity contribution in [1.29, 1.82) is 0 Å². The first-order valence-electron chi connectivity index (χ1n) is 10.3. The van der Waals surface area contributed by atoms with Crippen molar-refractivity contribution in [2.45, 2.75) is 56.9 Å². The Morgan fingerprint density at radius 2 is 1.80 bits per heavy atom. The lowest BCUT2D eigenvalue weighted by Crippen LogP contribution is -2.57. The first kappa shape index (κ1) is 15.9. The van der Waals surface area contributed by atoms with E-state index in [1.165, 1.54) is 37.8 Å². The molecule has 0 atom stereocenters. The molecule has 1 aromatic rings. The summed E-state index contributed by atoms with van der Waals surface area (Å²) >= 11 is 0. The van der Waals surface area contributed by atoms with E-state index in [4.69, 9.17) is 0 Å². The van der Waals surface area contributed by atoms with Gasteiger partial charge >= 0.3 is 0 Å². The zero-order valence-electron chi connectivity index (χ0n) is 15.0. The second-order valence-electron chi connectivity index (χ2n) is 9.09. The van der Waals surface area contributed by atoms with Gasteiger partial charge in [-0.25, -0.2) is 0 Å². The van der Waals surface area contributed by atoms with Gasteiger partial charge in [-0.2, -0.15) is 5.10 Å². The predicted molar refractivity (Wildman–Crippen MR) is 96.0 cm³/mol. The molecule has 5 fully saturated rings. The SMILES string of the molecule is O=C(CN1CCC(c2ccn[nH]2)CC1)NC1C2CC3CC(C2)CC1C3. The second-order valence-corrected chi connectivity index (χ2v) is 9.09. The summed E-state index contributed by atoms with van der Waals surface area (Å²) < 4.78 is 0. The van der Waals surface area contributed by atoms with Gasteiger partial charge < -0.3 is 5.32 Å². The summed E-state index contributed by atoms with van der Waals surface area (Å²) in [7, 11) is 0. The van der Waals surface area contributed by atoms with Crippen molar-refractivity contribution in [2.75, 3.05) is 19.6 Å². The average molecular weight is 342 g/mol. The topological polar surface area (TPSA) is 61.0 Å². The maximum atomic E-state index is 12.6. The van der Waals surface area contributed by atoms with E-state index in [0.29, 0.717) is 18.5 Å². The molecule has 5 nitrogen and oxygen atoms in total. The molecular formula is C20H30N4O. The Bertz CT molecular complexity index is 577. The standard InChI is InChI=1S/C20H30N4O/c25-19(12-24-5-2-15(3-6-24)18-1-4-21-23-18)22-20-16-8-13-7-14(10-16)11-17(20)9-13/h1,4,13-17,20H,2-3,5-12H2,(H,21,23)(H,22,25). The van der Waals surface area contributed by atoms with E-state index in [1.807, 2.05) is 6.20 Å². The second kappa shape index (κ2) is 6.42. The number of piperidine rings is 1. The maximum absolute atomic E-state index is 12.6. The zero-order chi connectivity index (χ0) is 16.8. The van der Waals surface area contributed by atoms with Crippen LogP contribution in [-0.4, -0.2) is 46.7 Å². The van der Waals surface area contributed by atoms with Crippen molar-refractivity contribution in [3.8, 4) is 0 Å². The highest BCUT2D eigenvalue weighted by atomic mass is 16.2. The Labute approximate surface area is 149 Å². The number of H-pyrrole nitrogens is 1. The van der Waals surface area contributed by atoms with E-state index in [0.717, 1.165) is 49.6 Å². The number of hydrogen-bond donors (Lipinski definition) is 2. The quantitative estimate of drug-likeness (QED) is 0.884. The van der Waals surface area contributed by atoms with Crippen molar-refractivity contribution in [3.05, 3.63) is 18.0 Å². The maximum Gasteiger partial charge on any atom is 0.234 e. The molecule has 6 rings (SSSR count). The molecule has 4 bridgehead atoms. The number of aromatic amines is 1. The number of carbonyl (C=O) groups excluding carboxylic acids is 1. The summed E-state index contributed by atoms with van der Waals surface area (Å²) in [6.45, 7) is 2.61. The summed E-state index contributed by atoms with van der Waals surface area (Å²) in [5, 5.41) is 10.6. The third kappa shape index (κ3) is 3.12. The fourth-order valence-electron chi connectivity index (χ4n) is 6.49. The molecule has 5 heteroatoms. The Hall–Kier alpha value is -1.36. The average Bonchev–Trinajstić information content (AvgIpc) is 3.13. The summed E-state index contributed by atoms with van der Waals surface area (Å²) in [5.41, 5.74) is 1.25. The monoisotopic (exact) mass is 342 g/mol. The van der Waals surface area contributed by atoms with Crippen LogP contribution in [0.3, 0.4) is 0 Å². The van der Waals surface area contributed by atoms with Crippen LogP contribution in [0, 0.1) is 23.7 Å². The molecule has 2 N–H and O–H groups in total. The predicted octanol–water partition coefficient (Wildman–Crippen LogP) is 2.53. The van der Waals surface area contributed by atoms with Crippen LogP contribution in [0.1, 0.15) is 56.6 Å². The fraction of sp³-hybridized carbons (Fsp3) is 0.800. The molecule has 1 amide bonds. The first-order valence-corrected chi connectivity index (χ1v) is 10.3. The van der Waals surface area contributed by atoms with E-state index in [-0.39, 0.29) is 5.91 Å². The molecule has 0 spiro atoms. The van der Waals surface area contributed by atoms with E-state index in [9.17, 15) is 4.79 Å². The molecule has 0 radical (unpaired) electrons. The van der Waals surface area contributed by atoms with Gasteiger partial charge in [0, 0.05) is 23.9 Å². The van der Waals surface area contributed by atoms with Crippen molar-refractivity contribution >= 4 is 5.91 Å². The summed E-state index contributed by atoms with van der Waals surface area (Å²) in [6, 6.07) is 2.56. The lowest BCUT2D eigenvalue weighted by molar-refractivity contribution is -0.126. The van der Waals surface area contributed by atoms with Gasteiger partial charge in [0.15, 0.2) is 0 Å². The smallest absolute Gasteiger partial charge is 0.234 e. The fourth-order valence-corrected chi connectivity index (χ4v) is 6.49. The molecule has 1 saturated heterocycles. The number of amides is 1. The minimum Gasteiger partial charge on any atom is -0.352 e. The van der Waals surface area contributed by atoms with E-state index >= 15 is 0 Å². The molecule has 25 heavy (non-hydrogen) atoms. The lowest BCUT2D eigenvalue weighted by Gasteiger charge is -2.54. The Morgan fingerprint density at radius 1 is 1.12 bits per heavy atom. The van der Waals surface area contributed by atoms with Gasteiger partial charge in [-0.1, -0.05) is 0 Å². The third-order valence-corrected chi connectivity index (χ3v) is 7.47. The van der Waals surface area contributed by atoms with Crippen LogP contribution < -0.4 is 5.32 Å². The van der Waals surface area contributed by atoms with E-state index in [1.54, 1.807) is 0 Å². The Morgan fingerprint density at radius 3 is 2.40 bits per heavy atom. The highest BCUT2D eigenvalue weighted by Crippen LogP contribution is 2.53. The van der Waals surface area contributed by atoms with Crippen molar-refractivity contribution in [1.82, 2.24) is 20.4 Å². The van der Waals surface area contributed by atoms with Gasteiger partial charge in [-0.3, -0.25) is 14.8 Å². The Balaban J connectivity index is 1.12. The van der Waals surface area contributed by atoms with Crippen molar-refractivity contribution in [3.63, 3.8) is 0 Å². The number of aromatic nitrogens is 2. The van der Waals surface area contributed by atoms with Crippen LogP contribution in [0.15, 0.2) is 12.3 Å². The zero-order valence-corrected chi connectivity index (χ0v) is 15.0. The normalized spacial score (nSPS) is 38.2.